The first kappa shape index (κ1) is 14.2. The van der Waals surface area contributed by atoms with E-state index in [2.05, 4.69) is 20.5 Å². The van der Waals surface area contributed by atoms with Crippen LogP contribution >= 0.6 is 11.6 Å². The van der Waals surface area contributed by atoms with Gasteiger partial charge in [0.05, 0.1) is 6.54 Å². The number of carbonyl (C=O) groups excluding carboxylic acids is 1. The molecule has 0 fully saturated rings. The summed E-state index contributed by atoms with van der Waals surface area (Å²) in [5, 5.41) is 11.1. The van der Waals surface area contributed by atoms with Crippen LogP contribution in [-0.2, 0) is 6.54 Å². The normalized spacial score (nSPS) is 10.4. The lowest BCUT2D eigenvalue weighted by atomic mass is 10.2. The van der Waals surface area contributed by atoms with Gasteiger partial charge in [0.25, 0.3) is 5.91 Å². The summed E-state index contributed by atoms with van der Waals surface area (Å²) < 4.78 is 5.49. The number of carbonyl (C=O) groups is 1. The van der Waals surface area contributed by atoms with Gasteiger partial charge < -0.3 is 9.73 Å². The highest BCUT2D eigenvalue weighted by Crippen LogP contribution is 2.16. The quantitative estimate of drug-likeness (QED) is 0.800. The van der Waals surface area contributed by atoms with Crippen LogP contribution in [0, 0.1) is 0 Å². The Labute approximate surface area is 131 Å². The van der Waals surface area contributed by atoms with Gasteiger partial charge in [-0.05, 0) is 36.4 Å². The largest absolute Gasteiger partial charge is 0.419 e. The molecule has 6 nitrogen and oxygen atoms in total. The summed E-state index contributed by atoms with van der Waals surface area (Å²) in [7, 11) is 0. The Morgan fingerprint density at radius 2 is 1.82 bits per heavy atom. The Morgan fingerprint density at radius 1 is 1.09 bits per heavy atom. The van der Waals surface area contributed by atoms with Crippen molar-refractivity contribution in [3.05, 3.63) is 65.3 Å². The first-order valence-corrected chi connectivity index (χ1v) is 6.87. The zero-order valence-corrected chi connectivity index (χ0v) is 12.1. The molecule has 7 heteroatoms. The molecule has 1 aromatic carbocycles. The molecule has 0 aliphatic rings. The number of nitrogens with zero attached hydrogens (tertiary/aromatic N) is 3. The van der Waals surface area contributed by atoms with Crippen molar-refractivity contribution in [1.82, 2.24) is 20.5 Å². The lowest BCUT2D eigenvalue weighted by Gasteiger charge is -2.02. The highest BCUT2D eigenvalue weighted by atomic mass is 35.5. The van der Waals surface area contributed by atoms with Crippen molar-refractivity contribution in [1.29, 1.82) is 0 Å². The molecule has 0 saturated heterocycles. The van der Waals surface area contributed by atoms with E-state index in [0.29, 0.717) is 22.4 Å². The molecule has 1 amide bonds. The molecule has 0 aliphatic carbocycles. The van der Waals surface area contributed by atoms with E-state index < -0.39 is 0 Å². The first-order chi connectivity index (χ1) is 10.7. The van der Waals surface area contributed by atoms with Crippen molar-refractivity contribution in [3.63, 3.8) is 0 Å². The van der Waals surface area contributed by atoms with Crippen molar-refractivity contribution in [3.8, 4) is 11.5 Å². The Morgan fingerprint density at radius 3 is 2.55 bits per heavy atom. The highest BCUT2D eigenvalue weighted by molar-refractivity contribution is 6.30. The predicted molar refractivity (Wildman–Crippen MR) is 80.2 cm³/mol. The van der Waals surface area contributed by atoms with Gasteiger partial charge in [0, 0.05) is 28.5 Å². The minimum atomic E-state index is -0.236. The van der Waals surface area contributed by atoms with E-state index in [4.69, 9.17) is 16.0 Å². The minimum Gasteiger partial charge on any atom is -0.419 e. The monoisotopic (exact) mass is 314 g/mol. The zero-order valence-electron chi connectivity index (χ0n) is 11.4. The lowest BCUT2D eigenvalue weighted by molar-refractivity contribution is 0.0947. The molecule has 22 heavy (non-hydrogen) atoms. The maximum absolute atomic E-state index is 12.0. The molecule has 2 aromatic heterocycles. The average molecular weight is 315 g/mol. The van der Waals surface area contributed by atoms with E-state index in [1.165, 1.54) is 0 Å². The predicted octanol–water partition coefficient (Wildman–Crippen LogP) is 2.72. The average Bonchev–Trinajstić information content (AvgIpc) is 3.03. The van der Waals surface area contributed by atoms with Gasteiger partial charge in [-0.2, -0.15) is 0 Å². The summed E-state index contributed by atoms with van der Waals surface area (Å²) in [5.74, 6) is 0.479. The van der Waals surface area contributed by atoms with Crippen LogP contribution in [0.2, 0.25) is 5.02 Å². The highest BCUT2D eigenvalue weighted by Gasteiger charge is 2.10. The second-order valence-electron chi connectivity index (χ2n) is 4.43. The topological polar surface area (TPSA) is 80.9 Å². The Kier molecular flexibility index (Phi) is 4.11. The fraction of sp³-hybridized carbons (Fsp3) is 0.0667. The van der Waals surface area contributed by atoms with Gasteiger partial charge in [0.1, 0.15) is 0 Å². The van der Waals surface area contributed by atoms with Crippen LogP contribution in [0.15, 0.2) is 53.2 Å². The Hall–Kier alpha value is -2.73. The maximum Gasteiger partial charge on any atom is 0.251 e. The van der Waals surface area contributed by atoms with Gasteiger partial charge >= 0.3 is 0 Å². The van der Waals surface area contributed by atoms with E-state index in [1.54, 1.807) is 48.8 Å². The molecule has 0 aliphatic heterocycles. The second-order valence-corrected chi connectivity index (χ2v) is 4.86. The van der Waals surface area contributed by atoms with Gasteiger partial charge in [0.2, 0.25) is 11.8 Å². The fourth-order valence-electron chi connectivity index (χ4n) is 1.80. The molecular formula is C15H11ClN4O2. The Balaban J connectivity index is 1.64. The third kappa shape index (κ3) is 3.29. The number of rotatable bonds is 4. The van der Waals surface area contributed by atoms with Gasteiger partial charge in [0.15, 0.2) is 0 Å². The molecule has 0 unspecified atom stereocenters. The van der Waals surface area contributed by atoms with Crippen molar-refractivity contribution < 1.29 is 9.21 Å². The number of halogens is 1. The van der Waals surface area contributed by atoms with Crippen molar-refractivity contribution in [2.24, 2.45) is 0 Å². The summed E-state index contributed by atoms with van der Waals surface area (Å²) >= 11 is 5.78. The molecule has 0 spiro atoms. The standard InChI is InChI=1S/C15H11ClN4O2/c16-12-3-1-10(2-4-12)14(21)18-9-13-19-20-15(22-13)11-5-7-17-8-6-11/h1-8H,9H2,(H,18,21). The van der Waals surface area contributed by atoms with Gasteiger partial charge in [-0.1, -0.05) is 11.6 Å². The molecule has 3 aromatic rings. The van der Waals surface area contributed by atoms with Crippen LogP contribution in [-0.4, -0.2) is 21.1 Å². The molecule has 1 N–H and O–H groups in total. The smallest absolute Gasteiger partial charge is 0.251 e. The van der Waals surface area contributed by atoms with Gasteiger partial charge in [-0.3, -0.25) is 9.78 Å². The molecule has 2 heterocycles. The Bertz CT molecular complexity index is 772. The van der Waals surface area contributed by atoms with Crippen LogP contribution in [0.1, 0.15) is 16.2 Å². The third-order valence-electron chi connectivity index (χ3n) is 2.90. The number of hydrogen-bond acceptors (Lipinski definition) is 5. The van der Waals surface area contributed by atoms with Crippen molar-refractivity contribution in [2.45, 2.75) is 6.54 Å². The number of aromatic nitrogens is 3. The summed E-state index contributed by atoms with van der Waals surface area (Å²) in [4.78, 5) is 15.9. The molecule has 0 saturated carbocycles. The maximum atomic E-state index is 12.0. The molecule has 110 valence electrons. The van der Waals surface area contributed by atoms with E-state index in [9.17, 15) is 4.79 Å². The number of benzene rings is 1. The van der Waals surface area contributed by atoms with Gasteiger partial charge in [-0.25, -0.2) is 0 Å². The number of hydrogen-bond donors (Lipinski definition) is 1. The number of amides is 1. The molecule has 0 bridgehead atoms. The van der Waals surface area contributed by atoms with Crippen molar-refractivity contribution in [2.75, 3.05) is 0 Å². The number of nitrogens with one attached hydrogen (secondary N) is 1. The van der Waals surface area contributed by atoms with Gasteiger partial charge in [-0.15, -0.1) is 10.2 Å². The third-order valence-corrected chi connectivity index (χ3v) is 3.15. The second kappa shape index (κ2) is 6.36. The summed E-state index contributed by atoms with van der Waals surface area (Å²) in [5.41, 5.74) is 1.29. The zero-order chi connectivity index (χ0) is 15.4. The number of pyridine rings is 1. The summed E-state index contributed by atoms with van der Waals surface area (Å²) in [6.45, 7) is 0.152. The van der Waals surface area contributed by atoms with Crippen LogP contribution in [0.25, 0.3) is 11.5 Å². The minimum absolute atomic E-state index is 0.152. The van der Waals surface area contributed by atoms with Crippen LogP contribution < -0.4 is 5.32 Å². The first-order valence-electron chi connectivity index (χ1n) is 6.49. The molecule has 0 atom stereocenters. The molecule has 0 radical (unpaired) electrons. The van der Waals surface area contributed by atoms with Crippen LogP contribution in [0.3, 0.4) is 0 Å². The lowest BCUT2D eigenvalue weighted by Crippen LogP contribution is -2.22. The molecule has 3 rings (SSSR count). The van der Waals surface area contributed by atoms with E-state index in [1.807, 2.05) is 0 Å². The fourth-order valence-corrected chi connectivity index (χ4v) is 1.92. The van der Waals surface area contributed by atoms with E-state index >= 15 is 0 Å². The summed E-state index contributed by atoms with van der Waals surface area (Å²) in [6.07, 6.45) is 3.28. The van der Waals surface area contributed by atoms with E-state index in [-0.39, 0.29) is 12.5 Å². The SMILES string of the molecule is O=C(NCc1nnc(-c2ccncc2)o1)c1ccc(Cl)cc1. The van der Waals surface area contributed by atoms with Crippen molar-refractivity contribution >= 4 is 17.5 Å². The molecular weight excluding hydrogens is 304 g/mol. The van der Waals surface area contributed by atoms with E-state index in [0.717, 1.165) is 5.56 Å². The van der Waals surface area contributed by atoms with Crippen LogP contribution in [0.4, 0.5) is 0 Å². The van der Waals surface area contributed by atoms with Crippen LogP contribution in [0.5, 0.6) is 0 Å². The summed E-state index contributed by atoms with van der Waals surface area (Å²) in [6, 6.07) is 10.1.